The number of halogens is 1. The molecule has 1 aliphatic heterocycles. The average Bonchev–Trinajstić information content (AvgIpc) is 2.61. The SMILES string of the molecule is O=C([O-])C(c1ccccc1Cl)C1CCS(=O)(=O)C1. The first-order valence-electron chi connectivity index (χ1n) is 5.56. The molecule has 4 nitrogen and oxygen atoms in total. The molecule has 0 N–H and O–H groups in total. The van der Waals surface area contributed by atoms with Crippen LogP contribution in [0.1, 0.15) is 17.9 Å². The summed E-state index contributed by atoms with van der Waals surface area (Å²) in [6.07, 6.45) is 0.339. The van der Waals surface area contributed by atoms with E-state index in [0.29, 0.717) is 17.0 Å². The summed E-state index contributed by atoms with van der Waals surface area (Å²) >= 11 is 5.97. The molecule has 2 rings (SSSR count). The summed E-state index contributed by atoms with van der Waals surface area (Å²) in [6, 6.07) is 6.58. The van der Waals surface area contributed by atoms with E-state index in [-0.39, 0.29) is 11.5 Å². The Morgan fingerprint density at radius 3 is 2.56 bits per heavy atom. The van der Waals surface area contributed by atoms with Gasteiger partial charge in [-0.15, -0.1) is 0 Å². The first-order valence-corrected chi connectivity index (χ1v) is 7.76. The third-order valence-electron chi connectivity index (χ3n) is 3.23. The number of rotatable bonds is 3. The van der Waals surface area contributed by atoms with Gasteiger partial charge >= 0.3 is 0 Å². The molecule has 98 valence electrons. The molecule has 1 heterocycles. The van der Waals surface area contributed by atoms with E-state index in [0.717, 1.165) is 0 Å². The van der Waals surface area contributed by atoms with Crippen LogP contribution in [0.5, 0.6) is 0 Å². The summed E-state index contributed by atoms with van der Waals surface area (Å²) in [7, 11) is -3.13. The molecule has 0 spiro atoms. The zero-order valence-electron chi connectivity index (χ0n) is 9.50. The Bertz CT molecular complexity index is 567. The van der Waals surface area contributed by atoms with Gasteiger partial charge in [0.25, 0.3) is 0 Å². The van der Waals surface area contributed by atoms with Gasteiger partial charge in [-0.3, -0.25) is 0 Å². The summed E-state index contributed by atoms with van der Waals surface area (Å²) < 4.78 is 22.9. The number of hydrogen-bond acceptors (Lipinski definition) is 4. The van der Waals surface area contributed by atoms with Crippen LogP contribution in [0.4, 0.5) is 0 Å². The number of carbonyl (C=O) groups excluding carboxylic acids is 1. The van der Waals surface area contributed by atoms with Crippen molar-refractivity contribution in [3.63, 3.8) is 0 Å². The largest absolute Gasteiger partial charge is 0.549 e. The lowest BCUT2D eigenvalue weighted by Crippen LogP contribution is -2.35. The quantitative estimate of drug-likeness (QED) is 0.816. The van der Waals surface area contributed by atoms with Crippen LogP contribution in [0.15, 0.2) is 24.3 Å². The van der Waals surface area contributed by atoms with Crippen LogP contribution in [0, 0.1) is 5.92 Å². The van der Waals surface area contributed by atoms with E-state index in [1.165, 1.54) is 0 Å². The van der Waals surface area contributed by atoms with Gasteiger partial charge in [0.1, 0.15) is 0 Å². The monoisotopic (exact) mass is 287 g/mol. The van der Waals surface area contributed by atoms with Crippen molar-refractivity contribution in [2.75, 3.05) is 11.5 Å². The van der Waals surface area contributed by atoms with Gasteiger partial charge < -0.3 is 9.90 Å². The first-order chi connectivity index (χ1) is 8.41. The highest BCUT2D eigenvalue weighted by Crippen LogP contribution is 2.36. The van der Waals surface area contributed by atoms with Crippen LogP contribution >= 0.6 is 11.6 Å². The van der Waals surface area contributed by atoms with Gasteiger partial charge in [0, 0.05) is 16.9 Å². The summed E-state index contributed by atoms with van der Waals surface area (Å²) in [5, 5.41) is 11.6. The lowest BCUT2D eigenvalue weighted by molar-refractivity contribution is -0.309. The third kappa shape index (κ3) is 2.67. The second-order valence-corrected chi connectivity index (χ2v) is 7.12. The second kappa shape index (κ2) is 4.90. The Kier molecular flexibility index (Phi) is 3.64. The van der Waals surface area contributed by atoms with Crippen LogP contribution in [0.3, 0.4) is 0 Å². The Morgan fingerprint density at radius 2 is 2.06 bits per heavy atom. The molecule has 1 aromatic rings. The molecule has 1 aliphatic rings. The highest BCUT2D eigenvalue weighted by atomic mass is 35.5. The minimum Gasteiger partial charge on any atom is -0.549 e. The molecule has 1 fully saturated rings. The molecule has 0 bridgehead atoms. The van der Waals surface area contributed by atoms with E-state index < -0.39 is 27.6 Å². The second-order valence-electron chi connectivity index (χ2n) is 4.48. The van der Waals surface area contributed by atoms with Crippen LogP contribution in [0.25, 0.3) is 0 Å². The number of carboxylic acid groups (broad SMARTS) is 1. The predicted molar refractivity (Wildman–Crippen MR) is 66.0 cm³/mol. The first kappa shape index (κ1) is 13.4. The predicted octanol–water partition coefficient (Wildman–Crippen LogP) is 0.608. The van der Waals surface area contributed by atoms with Crippen LogP contribution in [0.2, 0.25) is 5.02 Å². The van der Waals surface area contributed by atoms with Crippen LogP contribution in [-0.4, -0.2) is 25.9 Å². The Morgan fingerprint density at radius 1 is 1.39 bits per heavy atom. The van der Waals surface area contributed by atoms with Crippen molar-refractivity contribution in [3.05, 3.63) is 34.9 Å². The zero-order chi connectivity index (χ0) is 13.3. The molecule has 1 saturated heterocycles. The highest BCUT2D eigenvalue weighted by Gasteiger charge is 2.35. The van der Waals surface area contributed by atoms with Crippen molar-refractivity contribution in [1.82, 2.24) is 0 Å². The minimum absolute atomic E-state index is 0.0336. The Balaban J connectivity index is 2.36. The summed E-state index contributed by atoms with van der Waals surface area (Å²) in [5.41, 5.74) is 0.432. The van der Waals surface area contributed by atoms with Crippen molar-refractivity contribution in [3.8, 4) is 0 Å². The fourth-order valence-electron chi connectivity index (χ4n) is 2.39. The molecule has 2 atom stereocenters. The number of carboxylic acids is 1. The van der Waals surface area contributed by atoms with Crippen molar-refractivity contribution < 1.29 is 18.3 Å². The van der Waals surface area contributed by atoms with E-state index in [2.05, 4.69) is 0 Å². The number of sulfone groups is 1. The molecule has 2 unspecified atom stereocenters. The van der Waals surface area contributed by atoms with Crippen molar-refractivity contribution >= 4 is 27.4 Å². The number of benzene rings is 1. The van der Waals surface area contributed by atoms with E-state index in [9.17, 15) is 18.3 Å². The number of aliphatic carboxylic acids is 1. The number of hydrogen-bond donors (Lipinski definition) is 0. The average molecular weight is 288 g/mol. The maximum absolute atomic E-state index is 11.4. The maximum Gasteiger partial charge on any atom is 0.150 e. The van der Waals surface area contributed by atoms with Gasteiger partial charge in [0.15, 0.2) is 9.84 Å². The highest BCUT2D eigenvalue weighted by molar-refractivity contribution is 7.91. The molecular weight excluding hydrogens is 276 g/mol. The lowest BCUT2D eigenvalue weighted by Gasteiger charge is -2.24. The fourth-order valence-corrected chi connectivity index (χ4v) is 4.48. The molecule has 0 aromatic heterocycles. The topological polar surface area (TPSA) is 74.3 Å². The smallest absolute Gasteiger partial charge is 0.150 e. The Labute approximate surface area is 110 Å². The summed E-state index contributed by atoms with van der Waals surface area (Å²) in [4.78, 5) is 11.3. The van der Waals surface area contributed by atoms with E-state index in [4.69, 9.17) is 11.6 Å². The molecular formula is C12H12ClO4S-. The third-order valence-corrected chi connectivity index (χ3v) is 5.37. The van der Waals surface area contributed by atoms with Gasteiger partial charge in [-0.1, -0.05) is 29.8 Å². The van der Waals surface area contributed by atoms with E-state index >= 15 is 0 Å². The molecule has 6 heteroatoms. The van der Waals surface area contributed by atoms with E-state index in [1.54, 1.807) is 24.3 Å². The van der Waals surface area contributed by atoms with Crippen molar-refractivity contribution in [1.29, 1.82) is 0 Å². The molecule has 18 heavy (non-hydrogen) atoms. The van der Waals surface area contributed by atoms with Crippen molar-refractivity contribution in [2.45, 2.75) is 12.3 Å². The van der Waals surface area contributed by atoms with E-state index in [1.807, 2.05) is 0 Å². The molecule has 0 saturated carbocycles. The van der Waals surface area contributed by atoms with Gasteiger partial charge in [-0.2, -0.15) is 0 Å². The Hall–Kier alpha value is -1.07. The molecule has 0 amide bonds. The maximum atomic E-state index is 11.4. The lowest BCUT2D eigenvalue weighted by atomic mass is 9.85. The van der Waals surface area contributed by atoms with Gasteiger partial charge in [0.2, 0.25) is 0 Å². The summed E-state index contributed by atoms with van der Waals surface area (Å²) in [5.74, 6) is -2.77. The van der Waals surface area contributed by atoms with Gasteiger partial charge in [-0.05, 0) is 24.0 Å². The molecule has 0 radical (unpaired) electrons. The fraction of sp³-hybridized carbons (Fsp3) is 0.417. The van der Waals surface area contributed by atoms with Crippen LogP contribution < -0.4 is 5.11 Å². The molecule has 1 aromatic carbocycles. The zero-order valence-corrected chi connectivity index (χ0v) is 11.1. The van der Waals surface area contributed by atoms with Crippen LogP contribution in [-0.2, 0) is 14.6 Å². The van der Waals surface area contributed by atoms with Crippen molar-refractivity contribution in [2.24, 2.45) is 5.92 Å². The number of carbonyl (C=O) groups is 1. The summed E-state index contributed by atoms with van der Waals surface area (Å²) in [6.45, 7) is 0. The standard InChI is InChI=1S/C12H13ClO4S/c13-10-4-2-1-3-9(10)11(12(14)15)8-5-6-18(16,17)7-8/h1-4,8,11H,5-7H2,(H,14,15)/p-1. The minimum atomic E-state index is -3.13. The normalized spacial score (nSPS) is 23.7. The van der Waals surface area contributed by atoms with Gasteiger partial charge in [-0.25, -0.2) is 8.42 Å². The molecule has 0 aliphatic carbocycles. The van der Waals surface area contributed by atoms with Gasteiger partial charge in [0.05, 0.1) is 11.5 Å².